The van der Waals surface area contributed by atoms with Crippen LogP contribution >= 0.6 is 0 Å². The lowest BCUT2D eigenvalue weighted by Gasteiger charge is -2.37. The molecule has 0 saturated carbocycles. The Bertz CT molecular complexity index is 248. The van der Waals surface area contributed by atoms with Crippen LogP contribution in [0.4, 0.5) is 0 Å². The third-order valence-electron chi connectivity index (χ3n) is 4.36. The first-order valence-corrected chi connectivity index (χ1v) is 11.6. The van der Waals surface area contributed by atoms with Gasteiger partial charge in [-0.15, -0.1) is 0 Å². The third kappa shape index (κ3) is 13.2. The second kappa shape index (κ2) is 12.5. The predicted octanol–water partition coefficient (Wildman–Crippen LogP) is 7.91. The summed E-state index contributed by atoms with van der Waals surface area (Å²) in [4.78, 5) is 0. The Balaban J connectivity index is 3.54. The number of hydrogen-bond acceptors (Lipinski definition) is 1. The van der Waals surface area contributed by atoms with Gasteiger partial charge in [-0.1, -0.05) is 113 Å². The lowest BCUT2D eigenvalue weighted by Crippen LogP contribution is -2.38. The van der Waals surface area contributed by atoms with E-state index in [1.54, 1.807) is 0 Å². The van der Waals surface area contributed by atoms with Gasteiger partial charge in [0.05, 0.1) is 0 Å². The van der Waals surface area contributed by atoms with Gasteiger partial charge in [-0.2, -0.15) is 0 Å². The van der Waals surface area contributed by atoms with Crippen molar-refractivity contribution in [2.24, 2.45) is 0 Å². The van der Waals surface area contributed by atoms with Crippen LogP contribution in [0.1, 0.15) is 119 Å². The van der Waals surface area contributed by atoms with Crippen molar-refractivity contribution in [2.75, 3.05) is 6.61 Å². The van der Waals surface area contributed by atoms with Gasteiger partial charge in [0.2, 0.25) is 9.04 Å². The summed E-state index contributed by atoms with van der Waals surface area (Å²) in [5.74, 6) is 0. The second-order valence-corrected chi connectivity index (χ2v) is 13.2. The molecule has 0 heterocycles. The Kier molecular flexibility index (Phi) is 12.6. The standard InChI is InChI=1S/C21H45OSi/c1-8-9-10-11-12-13-14-15-16-17-18-19-22-23(20(2,3)4)21(5,6)7/h8-19H2,1-7H3. The van der Waals surface area contributed by atoms with Crippen molar-refractivity contribution in [3.63, 3.8) is 0 Å². The van der Waals surface area contributed by atoms with E-state index in [-0.39, 0.29) is 0 Å². The summed E-state index contributed by atoms with van der Waals surface area (Å²) in [5, 5.41) is 0.640. The molecule has 0 aromatic carbocycles. The van der Waals surface area contributed by atoms with Crippen LogP contribution in [-0.4, -0.2) is 15.6 Å². The molecule has 0 atom stereocenters. The summed E-state index contributed by atoms with van der Waals surface area (Å²) in [5.41, 5.74) is 0. The zero-order valence-electron chi connectivity index (χ0n) is 17.4. The van der Waals surface area contributed by atoms with Crippen LogP contribution in [0, 0.1) is 0 Å². The first kappa shape index (κ1) is 23.2. The van der Waals surface area contributed by atoms with Crippen LogP contribution < -0.4 is 0 Å². The van der Waals surface area contributed by atoms with Crippen molar-refractivity contribution in [2.45, 2.75) is 129 Å². The quantitative estimate of drug-likeness (QED) is 0.244. The molecule has 139 valence electrons. The van der Waals surface area contributed by atoms with E-state index in [1.165, 1.54) is 70.6 Å². The van der Waals surface area contributed by atoms with Gasteiger partial charge in [-0.05, 0) is 16.5 Å². The number of hydrogen-bond donors (Lipinski definition) is 0. The monoisotopic (exact) mass is 341 g/mol. The van der Waals surface area contributed by atoms with Crippen molar-refractivity contribution >= 4 is 9.04 Å². The van der Waals surface area contributed by atoms with Gasteiger partial charge in [-0.3, -0.25) is 0 Å². The van der Waals surface area contributed by atoms with Gasteiger partial charge in [0, 0.05) is 6.61 Å². The van der Waals surface area contributed by atoms with Crippen LogP contribution in [0.3, 0.4) is 0 Å². The lowest BCUT2D eigenvalue weighted by atomic mass is 10.1. The predicted molar refractivity (Wildman–Crippen MR) is 108 cm³/mol. The Hall–Kier alpha value is 0.177. The SMILES string of the molecule is CCCCCCCCCCCCCO[Si](C(C)(C)C)C(C)(C)C. The topological polar surface area (TPSA) is 9.23 Å². The fourth-order valence-electron chi connectivity index (χ4n) is 3.50. The van der Waals surface area contributed by atoms with Gasteiger partial charge in [0.25, 0.3) is 0 Å². The van der Waals surface area contributed by atoms with E-state index in [4.69, 9.17) is 4.43 Å². The first-order chi connectivity index (χ1) is 10.7. The van der Waals surface area contributed by atoms with E-state index in [0.29, 0.717) is 10.1 Å². The molecular weight excluding hydrogens is 296 g/mol. The second-order valence-electron chi connectivity index (χ2n) is 9.21. The van der Waals surface area contributed by atoms with Crippen molar-refractivity contribution in [1.29, 1.82) is 0 Å². The molecule has 0 aliphatic carbocycles. The molecule has 0 bridgehead atoms. The van der Waals surface area contributed by atoms with E-state index in [1.807, 2.05) is 0 Å². The minimum absolute atomic E-state index is 0.320. The highest BCUT2D eigenvalue weighted by atomic mass is 28.3. The van der Waals surface area contributed by atoms with Crippen molar-refractivity contribution in [3.05, 3.63) is 0 Å². The van der Waals surface area contributed by atoms with Gasteiger partial charge in [0.1, 0.15) is 0 Å². The maximum atomic E-state index is 6.36. The van der Waals surface area contributed by atoms with Crippen molar-refractivity contribution in [1.82, 2.24) is 0 Å². The smallest absolute Gasteiger partial charge is 0.222 e. The lowest BCUT2D eigenvalue weighted by molar-refractivity contribution is 0.272. The number of unbranched alkanes of at least 4 members (excludes halogenated alkanes) is 10. The van der Waals surface area contributed by atoms with E-state index in [2.05, 4.69) is 48.5 Å². The van der Waals surface area contributed by atoms with E-state index >= 15 is 0 Å². The fraction of sp³-hybridized carbons (Fsp3) is 1.00. The van der Waals surface area contributed by atoms with Gasteiger partial charge in [-0.25, -0.2) is 0 Å². The van der Waals surface area contributed by atoms with Crippen molar-refractivity contribution in [3.8, 4) is 0 Å². The number of rotatable bonds is 13. The Labute approximate surface area is 149 Å². The van der Waals surface area contributed by atoms with Crippen LogP contribution in [0.25, 0.3) is 0 Å². The molecule has 0 aliphatic heterocycles. The highest BCUT2D eigenvalue weighted by Gasteiger charge is 2.39. The highest BCUT2D eigenvalue weighted by Crippen LogP contribution is 2.42. The molecule has 0 spiro atoms. The summed E-state index contributed by atoms with van der Waals surface area (Å²) in [6.45, 7) is 17.3. The zero-order chi connectivity index (χ0) is 17.8. The molecule has 0 N–H and O–H groups in total. The fourth-order valence-corrected chi connectivity index (χ4v) is 6.96. The first-order valence-electron chi connectivity index (χ1n) is 10.2. The van der Waals surface area contributed by atoms with Crippen LogP contribution in [0.15, 0.2) is 0 Å². The van der Waals surface area contributed by atoms with Gasteiger partial charge < -0.3 is 4.43 Å². The van der Waals surface area contributed by atoms with Gasteiger partial charge in [0.15, 0.2) is 0 Å². The van der Waals surface area contributed by atoms with Crippen LogP contribution in [0.5, 0.6) is 0 Å². The molecule has 0 aromatic rings. The molecule has 0 amide bonds. The zero-order valence-corrected chi connectivity index (χ0v) is 18.4. The van der Waals surface area contributed by atoms with E-state index in [0.717, 1.165) is 6.61 Å². The average Bonchev–Trinajstić information content (AvgIpc) is 2.41. The Morgan fingerprint density at radius 3 is 1.26 bits per heavy atom. The Morgan fingerprint density at radius 2 is 0.913 bits per heavy atom. The normalized spacial score (nSPS) is 13.0. The van der Waals surface area contributed by atoms with Gasteiger partial charge >= 0.3 is 0 Å². The van der Waals surface area contributed by atoms with Crippen LogP contribution in [0.2, 0.25) is 10.1 Å². The average molecular weight is 342 g/mol. The molecule has 0 saturated heterocycles. The van der Waals surface area contributed by atoms with E-state index in [9.17, 15) is 0 Å². The molecule has 23 heavy (non-hydrogen) atoms. The molecule has 1 radical (unpaired) electrons. The third-order valence-corrected chi connectivity index (χ3v) is 7.57. The highest BCUT2D eigenvalue weighted by molar-refractivity contribution is 6.58. The minimum atomic E-state index is -0.788. The molecule has 2 heteroatoms. The van der Waals surface area contributed by atoms with E-state index < -0.39 is 9.04 Å². The summed E-state index contributed by atoms with van der Waals surface area (Å²) in [6.07, 6.45) is 15.4. The summed E-state index contributed by atoms with van der Waals surface area (Å²) < 4.78 is 6.36. The summed E-state index contributed by atoms with van der Waals surface area (Å²) in [7, 11) is -0.788. The van der Waals surface area contributed by atoms with Crippen LogP contribution in [-0.2, 0) is 4.43 Å². The van der Waals surface area contributed by atoms with Crippen molar-refractivity contribution < 1.29 is 4.43 Å². The molecule has 0 fully saturated rings. The largest absolute Gasteiger partial charge is 0.416 e. The molecule has 0 unspecified atom stereocenters. The summed E-state index contributed by atoms with van der Waals surface area (Å²) in [6, 6.07) is 0. The minimum Gasteiger partial charge on any atom is -0.416 e. The summed E-state index contributed by atoms with van der Waals surface area (Å²) >= 11 is 0. The maximum absolute atomic E-state index is 6.36. The Morgan fingerprint density at radius 1 is 0.565 bits per heavy atom. The molecule has 0 rings (SSSR count). The molecule has 0 aromatic heterocycles. The molecular formula is C21H45OSi. The molecule has 0 aliphatic rings. The molecule has 1 nitrogen and oxygen atoms in total. The maximum Gasteiger partial charge on any atom is 0.222 e.